The monoisotopic (exact) mass is 205 g/mol. The minimum Gasteiger partial charge on any atom is -0.330 e. The van der Waals surface area contributed by atoms with Gasteiger partial charge in [-0.2, -0.15) is 0 Å². The third-order valence-electron chi connectivity index (χ3n) is 1.27. The van der Waals surface area contributed by atoms with Gasteiger partial charge in [0.2, 0.25) is 0 Å². The Morgan fingerprint density at radius 2 is 1.80 bits per heavy atom. The van der Waals surface area contributed by atoms with Gasteiger partial charge in [-0.05, 0) is 32.2 Å². The lowest BCUT2D eigenvalue weighted by atomic mass is 10.2. The number of alkyl halides is 1. The van der Waals surface area contributed by atoms with Crippen LogP contribution < -0.4 is 5.73 Å². The molecule has 0 atom stereocenters. The molecule has 0 saturated carbocycles. The molecule has 0 bridgehead atoms. The summed E-state index contributed by atoms with van der Waals surface area (Å²) in [6.45, 7) is 0.826. The minimum atomic E-state index is 0.826. The smallest absolute Gasteiger partial charge is 0.00659 e. The van der Waals surface area contributed by atoms with Crippen molar-refractivity contribution in [2.45, 2.75) is 25.7 Å². The molecule has 60 valence electrons. The SMILES string of the molecule is NCCCC/C=C\CCBr. The largest absolute Gasteiger partial charge is 0.330 e. The molecule has 0 aliphatic heterocycles. The van der Waals surface area contributed by atoms with Crippen LogP contribution in [-0.2, 0) is 0 Å². The maximum Gasteiger partial charge on any atom is 0.00659 e. The molecule has 0 aliphatic carbocycles. The van der Waals surface area contributed by atoms with Crippen molar-refractivity contribution in [1.29, 1.82) is 0 Å². The molecule has 0 spiro atoms. The van der Waals surface area contributed by atoms with E-state index in [2.05, 4.69) is 28.1 Å². The predicted octanol–water partition coefficient (Wildman–Crippen LogP) is 2.46. The van der Waals surface area contributed by atoms with Crippen LogP contribution in [0.3, 0.4) is 0 Å². The summed E-state index contributed by atoms with van der Waals surface area (Å²) >= 11 is 3.36. The standard InChI is InChI=1S/C8H16BrN/c9-7-5-3-1-2-4-6-8-10/h1,3H,2,4-8,10H2/b3-1-. The van der Waals surface area contributed by atoms with Gasteiger partial charge >= 0.3 is 0 Å². The summed E-state index contributed by atoms with van der Waals surface area (Å²) < 4.78 is 0. The van der Waals surface area contributed by atoms with Crippen LogP contribution in [-0.4, -0.2) is 11.9 Å². The molecule has 0 unspecified atom stereocenters. The van der Waals surface area contributed by atoms with Crippen LogP contribution in [0.2, 0.25) is 0 Å². The molecule has 0 heterocycles. The van der Waals surface area contributed by atoms with E-state index >= 15 is 0 Å². The summed E-state index contributed by atoms with van der Waals surface area (Å²) in [6, 6.07) is 0. The molecule has 0 aromatic heterocycles. The lowest BCUT2D eigenvalue weighted by Gasteiger charge is -1.90. The molecule has 0 aliphatic rings. The number of unbranched alkanes of at least 4 members (excludes halogenated alkanes) is 2. The summed E-state index contributed by atoms with van der Waals surface area (Å²) in [7, 11) is 0. The molecular formula is C8H16BrN. The van der Waals surface area contributed by atoms with Crippen LogP contribution in [0.5, 0.6) is 0 Å². The average Bonchev–Trinajstić information content (AvgIpc) is 1.97. The Bertz CT molecular complexity index is 81.3. The number of hydrogen-bond donors (Lipinski definition) is 1. The van der Waals surface area contributed by atoms with Crippen molar-refractivity contribution in [3.63, 3.8) is 0 Å². The zero-order valence-electron chi connectivity index (χ0n) is 6.35. The Morgan fingerprint density at radius 3 is 2.40 bits per heavy atom. The highest BCUT2D eigenvalue weighted by Crippen LogP contribution is 1.96. The van der Waals surface area contributed by atoms with E-state index in [-0.39, 0.29) is 0 Å². The number of nitrogens with two attached hydrogens (primary N) is 1. The quantitative estimate of drug-likeness (QED) is 0.403. The van der Waals surface area contributed by atoms with Gasteiger partial charge < -0.3 is 5.73 Å². The highest BCUT2D eigenvalue weighted by molar-refractivity contribution is 9.09. The van der Waals surface area contributed by atoms with Crippen molar-refractivity contribution in [3.05, 3.63) is 12.2 Å². The summed E-state index contributed by atoms with van der Waals surface area (Å²) in [5.74, 6) is 0. The van der Waals surface area contributed by atoms with Crippen LogP contribution in [0.4, 0.5) is 0 Å². The van der Waals surface area contributed by atoms with Gasteiger partial charge in [-0.15, -0.1) is 0 Å². The van der Waals surface area contributed by atoms with Crippen molar-refractivity contribution >= 4 is 15.9 Å². The van der Waals surface area contributed by atoms with Crippen molar-refractivity contribution in [2.75, 3.05) is 11.9 Å². The Morgan fingerprint density at radius 1 is 1.10 bits per heavy atom. The second-order valence-corrected chi connectivity index (χ2v) is 3.03. The van der Waals surface area contributed by atoms with Gasteiger partial charge in [-0.1, -0.05) is 28.1 Å². The summed E-state index contributed by atoms with van der Waals surface area (Å²) in [5.41, 5.74) is 5.34. The van der Waals surface area contributed by atoms with E-state index < -0.39 is 0 Å². The van der Waals surface area contributed by atoms with Gasteiger partial charge in [0, 0.05) is 5.33 Å². The van der Waals surface area contributed by atoms with Crippen molar-refractivity contribution < 1.29 is 0 Å². The van der Waals surface area contributed by atoms with E-state index in [1.165, 1.54) is 12.8 Å². The first-order chi connectivity index (χ1) is 4.91. The Hall–Kier alpha value is 0.180. The van der Waals surface area contributed by atoms with Crippen molar-refractivity contribution in [2.24, 2.45) is 5.73 Å². The fourth-order valence-corrected chi connectivity index (χ4v) is 0.970. The second-order valence-electron chi connectivity index (χ2n) is 2.23. The fraction of sp³-hybridized carbons (Fsp3) is 0.750. The molecular weight excluding hydrogens is 190 g/mol. The molecule has 0 amide bonds. The lowest BCUT2D eigenvalue weighted by Crippen LogP contribution is -1.96. The Balaban J connectivity index is 2.88. The van der Waals surface area contributed by atoms with Gasteiger partial charge in [0.15, 0.2) is 0 Å². The highest BCUT2D eigenvalue weighted by Gasteiger charge is 1.80. The van der Waals surface area contributed by atoms with Gasteiger partial charge in [0.05, 0.1) is 0 Å². The van der Waals surface area contributed by atoms with Crippen molar-refractivity contribution in [1.82, 2.24) is 0 Å². The van der Waals surface area contributed by atoms with Crippen LogP contribution >= 0.6 is 15.9 Å². The van der Waals surface area contributed by atoms with Crippen molar-refractivity contribution in [3.8, 4) is 0 Å². The third-order valence-corrected chi connectivity index (χ3v) is 1.73. The first kappa shape index (κ1) is 10.2. The molecule has 0 aromatic carbocycles. The molecule has 0 aromatic rings. The number of allylic oxidation sites excluding steroid dienone is 2. The molecule has 2 N–H and O–H groups in total. The van der Waals surface area contributed by atoms with E-state index in [4.69, 9.17) is 5.73 Å². The zero-order valence-corrected chi connectivity index (χ0v) is 7.94. The van der Waals surface area contributed by atoms with Gasteiger partial charge in [0.1, 0.15) is 0 Å². The highest BCUT2D eigenvalue weighted by atomic mass is 79.9. The number of hydrogen-bond acceptors (Lipinski definition) is 1. The summed E-state index contributed by atoms with van der Waals surface area (Å²) in [6.07, 6.45) is 9.16. The summed E-state index contributed by atoms with van der Waals surface area (Å²) in [4.78, 5) is 0. The molecule has 2 heteroatoms. The Kier molecular flexibility index (Phi) is 9.35. The molecule has 10 heavy (non-hydrogen) atoms. The van der Waals surface area contributed by atoms with Gasteiger partial charge in [-0.3, -0.25) is 0 Å². The number of rotatable bonds is 6. The molecule has 0 saturated heterocycles. The van der Waals surface area contributed by atoms with Crippen LogP contribution in [0.1, 0.15) is 25.7 Å². The molecule has 0 rings (SSSR count). The maximum absolute atomic E-state index is 5.34. The van der Waals surface area contributed by atoms with E-state index in [1.807, 2.05) is 0 Å². The van der Waals surface area contributed by atoms with E-state index in [0.29, 0.717) is 0 Å². The lowest BCUT2D eigenvalue weighted by molar-refractivity contribution is 0.757. The average molecular weight is 206 g/mol. The van der Waals surface area contributed by atoms with Crippen LogP contribution in [0.25, 0.3) is 0 Å². The first-order valence-corrected chi connectivity index (χ1v) is 4.95. The normalized spacial score (nSPS) is 11.0. The molecule has 1 nitrogen and oxygen atoms in total. The van der Waals surface area contributed by atoms with E-state index in [0.717, 1.165) is 24.7 Å². The van der Waals surface area contributed by atoms with Crippen LogP contribution in [0.15, 0.2) is 12.2 Å². The third kappa shape index (κ3) is 8.18. The fourth-order valence-electron chi connectivity index (χ4n) is 0.705. The van der Waals surface area contributed by atoms with Gasteiger partial charge in [0.25, 0.3) is 0 Å². The zero-order chi connectivity index (χ0) is 7.66. The van der Waals surface area contributed by atoms with Crippen LogP contribution in [0, 0.1) is 0 Å². The minimum absolute atomic E-state index is 0.826. The topological polar surface area (TPSA) is 26.0 Å². The Labute approximate surface area is 71.8 Å². The predicted molar refractivity (Wildman–Crippen MR) is 50.5 cm³/mol. The van der Waals surface area contributed by atoms with E-state index in [9.17, 15) is 0 Å². The second kappa shape index (κ2) is 9.18. The summed E-state index contributed by atoms with van der Waals surface area (Å²) in [5, 5.41) is 1.07. The molecule has 0 fully saturated rings. The first-order valence-electron chi connectivity index (χ1n) is 3.83. The maximum atomic E-state index is 5.34. The molecule has 0 radical (unpaired) electrons. The van der Waals surface area contributed by atoms with Gasteiger partial charge in [-0.25, -0.2) is 0 Å². The number of halogens is 1. The van der Waals surface area contributed by atoms with E-state index in [1.54, 1.807) is 0 Å².